The zero-order chi connectivity index (χ0) is 35.9. The van der Waals surface area contributed by atoms with Gasteiger partial charge < -0.3 is 19.6 Å². The van der Waals surface area contributed by atoms with Crippen molar-refractivity contribution in [3.8, 4) is 0 Å². The minimum absolute atomic E-state index is 0.732. The third kappa shape index (κ3) is 8.86. The van der Waals surface area contributed by atoms with Gasteiger partial charge in [-0.25, -0.2) is 0 Å². The maximum atomic E-state index is 4.78. The number of aromatic nitrogens is 4. The Morgan fingerprint density at radius 2 is 1.00 bits per heavy atom. The monoisotopic (exact) mass is 728 g/mol. The van der Waals surface area contributed by atoms with Crippen molar-refractivity contribution in [2.45, 2.75) is 49.6 Å². The summed E-state index contributed by atoms with van der Waals surface area (Å²) in [6.07, 6.45) is 9.88. The van der Waals surface area contributed by atoms with Gasteiger partial charge in [0.1, 0.15) is 0 Å². The van der Waals surface area contributed by atoms with Gasteiger partial charge in [0.15, 0.2) is 0 Å². The third-order valence-corrected chi connectivity index (χ3v) is 11.4. The lowest BCUT2D eigenvalue weighted by atomic mass is 10.1. The molecule has 8 nitrogen and oxygen atoms in total. The number of benzene rings is 2. The van der Waals surface area contributed by atoms with Crippen LogP contribution < -0.4 is 9.80 Å². The molecule has 7 rings (SSSR count). The Balaban J connectivity index is 0.933. The number of hydrogen-bond donors (Lipinski definition) is 2. The number of thiol groups is 2. The number of para-hydroxylation sites is 2. The Bertz CT molecular complexity index is 1970. The lowest BCUT2D eigenvalue weighted by molar-refractivity contribution is 0.131. The van der Waals surface area contributed by atoms with Crippen molar-refractivity contribution in [2.24, 2.45) is 0 Å². The zero-order valence-electron chi connectivity index (χ0n) is 30.2. The molecule has 0 radical (unpaired) electrons. The minimum Gasteiger partial charge on any atom is -0.364 e. The van der Waals surface area contributed by atoms with Crippen LogP contribution in [0, 0.1) is 13.8 Å². The number of nitrogens with zero attached hydrogens (tertiary/aromatic N) is 8. The first-order valence-corrected chi connectivity index (χ1v) is 19.2. The average molecular weight is 729 g/mol. The molecule has 4 aromatic heterocycles. The molecule has 1 saturated heterocycles. The lowest BCUT2D eigenvalue weighted by Gasteiger charge is -2.36. The van der Waals surface area contributed by atoms with Crippen LogP contribution in [0.15, 0.2) is 107 Å². The lowest BCUT2D eigenvalue weighted by Crippen LogP contribution is -2.47. The molecule has 1 aliphatic heterocycles. The normalized spacial score (nSPS) is 13.9. The van der Waals surface area contributed by atoms with Gasteiger partial charge in [-0.15, -0.1) is 25.3 Å². The summed E-state index contributed by atoms with van der Waals surface area (Å²) in [7, 11) is 0. The van der Waals surface area contributed by atoms with Crippen molar-refractivity contribution < 1.29 is 0 Å². The van der Waals surface area contributed by atoms with Gasteiger partial charge in [-0.05, 0) is 87.3 Å². The fourth-order valence-corrected chi connectivity index (χ4v) is 7.48. The molecule has 6 aromatic rings. The summed E-state index contributed by atoms with van der Waals surface area (Å²) < 4.78 is 0. The number of rotatable bonds is 14. The van der Waals surface area contributed by atoms with Crippen LogP contribution in [0.5, 0.6) is 0 Å². The molecule has 0 amide bonds. The SMILES string of the molecule is Cc1c(S)ccnc1CN(CCCN1CCN(CCCN(Cc2nccc(S)c2C)c2cnc3ccccc3c2)CC1)c1cnc2ccccc2c1. The second-order valence-electron chi connectivity index (χ2n) is 13.8. The van der Waals surface area contributed by atoms with Crippen LogP contribution in [0.25, 0.3) is 21.8 Å². The van der Waals surface area contributed by atoms with E-state index in [9.17, 15) is 0 Å². The summed E-state index contributed by atoms with van der Waals surface area (Å²) in [5, 5.41) is 2.31. The van der Waals surface area contributed by atoms with E-state index in [1.54, 1.807) is 0 Å². The summed E-state index contributed by atoms with van der Waals surface area (Å²) in [5.74, 6) is 0. The van der Waals surface area contributed by atoms with Gasteiger partial charge in [-0.2, -0.15) is 0 Å². The van der Waals surface area contributed by atoms with E-state index in [0.29, 0.717) is 0 Å². The van der Waals surface area contributed by atoms with E-state index in [-0.39, 0.29) is 0 Å². The van der Waals surface area contributed by atoms with E-state index in [4.69, 9.17) is 19.9 Å². The number of anilines is 2. The van der Waals surface area contributed by atoms with E-state index in [1.165, 1.54) is 0 Å². The molecule has 0 unspecified atom stereocenters. The Hall–Kier alpha value is -4.22. The van der Waals surface area contributed by atoms with Gasteiger partial charge in [0.05, 0.1) is 59.3 Å². The summed E-state index contributed by atoms with van der Waals surface area (Å²) in [5.41, 5.74) is 8.69. The van der Waals surface area contributed by atoms with Crippen molar-refractivity contribution in [2.75, 3.05) is 62.2 Å². The molecule has 0 spiro atoms. The average Bonchev–Trinajstić information content (AvgIpc) is 3.17. The first-order valence-electron chi connectivity index (χ1n) is 18.3. The zero-order valence-corrected chi connectivity index (χ0v) is 32.0. The molecule has 0 aliphatic carbocycles. The number of pyridine rings is 4. The van der Waals surface area contributed by atoms with Gasteiger partial charge in [-0.3, -0.25) is 19.9 Å². The molecule has 0 bridgehead atoms. The van der Waals surface area contributed by atoms with E-state index in [2.05, 4.69) is 107 Å². The molecule has 0 N–H and O–H groups in total. The maximum Gasteiger partial charge on any atom is 0.0703 e. The van der Waals surface area contributed by atoms with Crippen LogP contribution in [-0.4, -0.2) is 82.1 Å². The molecular formula is C42H48N8S2. The van der Waals surface area contributed by atoms with Crippen LogP contribution in [-0.2, 0) is 13.1 Å². The van der Waals surface area contributed by atoms with E-state index in [1.807, 2.05) is 49.1 Å². The Kier molecular flexibility index (Phi) is 11.9. The van der Waals surface area contributed by atoms with Crippen molar-refractivity contribution in [3.63, 3.8) is 0 Å². The van der Waals surface area contributed by atoms with Crippen LogP contribution >= 0.6 is 25.3 Å². The maximum absolute atomic E-state index is 4.78. The predicted octanol–water partition coefficient (Wildman–Crippen LogP) is 7.88. The molecule has 1 aliphatic rings. The topological polar surface area (TPSA) is 64.5 Å². The second-order valence-corrected chi connectivity index (χ2v) is 14.8. The quantitative estimate of drug-likeness (QED) is 0.110. The highest BCUT2D eigenvalue weighted by molar-refractivity contribution is 7.80. The van der Waals surface area contributed by atoms with Crippen LogP contribution in [0.4, 0.5) is 11.4 Å². The predicted molar refractivity (Wildman–Crippen MR) is 220 cm³/mol. The molecule has 1 fully saturated rings. The fourth-order valence-electron chi connectivity index (χ4n) is 7.09. The standard InChI is InChI=1S/C42H48N8S2/c1-31-39(43-15-13-41(31)51)29-49(35-25-33-9-3-5-11-37(33)45-27-35)19-7-17-47-21-23-48(24-22-47)18-8-20-50(30-40-32(2)42(52)14-16-44-40)36-26-34-10-4-6-12-38(34)46-28-36/h3-6,9-16,25-28H,7-8,17-24,29-30H2,1-2H3,(H,43,51)(H,44,52). The highest BCUT2D eigenvalue weighted by Crippen LogP contribution is 2.26. The van der Waals surface area contributed by atoms with Crippen molar-refractivity contribution in [1.82, 2.24) is 29.7 Å². The second kappa shape index (κ2) is 17.1. The number of piperazine rings is 1. The van der Waals surface area contributed by atoms with Gasteiger partial charge >= 0.3 is 0 Å². The highest BCUT2D eigenvalue weighted by Gasteiger charge is 2.19. The van der Waals surface area contributed by atoms with Gasteiger partial charge in [-0.1, -0.05) is 36.4 Å². The molecule has 0 atom stereocenters. The van der Waals surface area contributed by atoms with Crippen molar-refractivity contribution >= 4 is 58.4 Å². The van der Waals surface area contributed by atoms with Crippen LogP contribution in [0.2, 0.25) is 0 Å². The molecule has 0 saturated carbocycles. The van der Waals surface area contributed by atoms with Gasteiger partial charge in [0, 0.05) is 72.2 Å². The molecule has 5 heterocycles. The van der Waals surface area contributed by atoms with Gasteiger partial charge in [0.25, 0.3) is 0 Å². The van der Waals surface area contributed by atoms with Crippen molar-refractivity contribution in [3.05, 3.63) is 120 Å². The van der Waals surface area contributed by atoms with E-state index < -0.39 is 0 Å². The van der Waals surface area contributed by atoms with Crippen LogP contribution in [0.3, 0.4) is 0 Å². The summed E-state index contributed by atoms with van der Waals surface area (Å²) in [6, 6.07) is 25.1. The molecular weight excluding hydrogens is 681 g/mol. The van der Waals surface area contributed by atoms with Crippen molar-refractivity contribution in [1.29, 1.82) is 0 Å². The minimum atomic E-state index is 0.732. The first-order chi connectivity index (χ1) is 25.4. The smallest absolute Gasteiger partial charge is 0.0703 e. The number of hydrogen-bond acceptors (Lipinski definition) is 10. The molecule has 2 aromatic carbocycles. The van der Waals surface area contributed by atoms with Gasteiger partial charge in [0.2, 0.25) is 0 Å². The number of fused-ring (bicyclic) bond motifs is 2. The Morgan fingerprint density at radius 1 is 0.577 bits per heavy atom. The largest absolute Gasteiger partial charge is 0.364 e. The molecule has 268 valence electrons. The Morgan fingerprint density at radius 3 is 1.44 bits per heavy atom. The summed E-state index contributed by atoms with van der Waals surface area (Å²) in [4.78, 5) is 31.1. The first kappa shape index (κ1) is 36.2. The molecule has 10 heteroatoms. The summed E-state index contributed by atoms with van der Waals surface area (Å²) in [6.45, 7) is 14.1. The summed E-state index contributed by atoms with van der Waals surface area (Å²) >= 11 is 9.34. The highest BCUT2D eigenvalue weighted by atomic mass is 32.1. The van der Waals surface area contributed by atoms with Crippen LogP contribution in [0.1, 0.15) is 35.4 Å². The fraction of sp³-hybridized carbons (Fsp3) is 0.333. The third-order valence-electron chi connectivity index (χ3n) is 10.4. The van der Waals surface area contributed by atoms with E-state index >= 15 is 0 Å². The molecule has 52 heavy (non-hydrogen) atoms. The van der Waals surface area contributed by atoms with E-state index in [0.717, 1.165) is 144 Å². The Labute approximate surface area is 318 Å².